The second-order valence-corrected chi connectivity index (χ2v) is 7.88. The lowest BCUT2D eigenvalue weighted by Gasteiger charge is -2.22. The Bertz CT molecular complexity index is 576. The van der Waals surface area contributed by atoms with Crippen molar-refractivity contribution in [3.63, 3.8) is 0 Å². The Labute approximate surface area is 199 Å². The van der Waals surface area contributed by atoms with Gasteiger partial charge >= 0.3 is 0 Å². The van der Waals surface area contributed by atoms with Gasteiger partial charge in [-0.3, -0.25) is 0 Å². The summed E-state index contributed by atoms with van der Waals surface area (Å²) >= 11 is 0. The van der Waals surface area contributed by atoms with Gasteiger partial charge in [-0.25, -0.2) is 4.99 Å². The molecular formula is C23H40IN3O3. The van der Waals surface area contributed by atoms with E-state index in [0.717, 1.165) is 64.7 Å². The number of hydrogen-bond donors (Lipinski definition) is 2. The van der Waals surface area contributed by atoms with Crippen molar-refractivity contribution in [3.8, 4) is 0 Å². The molecule has 0 radical (unpaired) electrons. The van der Waals surface area contributed by atoms with E-state index in [1.54, 1.807) is 0 Å². The van der Waals surface area contributed by atoms with Crippen LogP contribution in [0, 0.1) is 5.92 Å². The van der Waals surface area contributed by atoms with Crippen LogP contribution in [0.25, 0.3) is 0 Å². The Balaban J connectivity index is 0.00000450. The van der Waals surface area contributed by atoms with E-state index in [4.69, 9.17) is 14.2 Å². The van der Waals surface area contributed by atoms with Gasteiger partial charge in [0.05, 0.1) is 19.3 Å². The van der Waals surface area contributed by atoms with Crippen molar-refractivity contribution >= 4 is 29.9 Å². The highest BCUT2D eigenvalue weighted by atomic mass is 127. The summed E-state index contributed by atoms with van der Waals surface area (Å²) in [6.45, 7) is 12.7. The van der Waals surface area contributed by atoms with Gasteiger partial charge in [-0.05, 0) is 43.2 Å². The fraction of sp³-hybridized carbons (Fsp3) is 0.696. The van der Waals surface area contributed by atoms with Crippen LogP contribution in [-0.4, -0.2) is 51.6 Å². The normalized spacial score (nSPS) is 15.1. The summed E-state index contributed by atoms with van der Waals surface area (Å²) in [5.74, 6) is 1.44. The van der Waals surface area contributed by atoms with Crippen LogP contribution >= 0.6 is 24.0 Å². The van der Waals surface area contributed by atoms with Crippen LogP contribution in [0.4, 0.5) is 0 Å². The van der Waals surface area contributed by atoms with Crippen LogP contribution in [0.3, 0.4) is 0 Å². The Morgan fingerprint density at radius 1 is 1.13 bits per heavy atom. The van der Waals surface area contributed by atoms with Gasteiger partial charge in [-0.1, -0.05) is 38.1 Å². The van der Waals surface area contributed by atoms with E-state index in [2.05, 4.69) is 60.7 Å². The lowest BCUT2D eigenvalue weighted by molar-refractivity contribution is -0.0390. The van der Waals surface area contributed by atoms with E-state index in [0.29, 0.717) is 25.2 Å². The molecule has 2 N–H and O–H groups in total. The molecule has 0 aliphatic carbocycles. The molecule has 0 amide bonds. The molecule has 0 unspecified atom stereocenters. The van der Waals surface area contributed by atoms with E-state index >= 15 is 0 Å². The zero-order valence-electron chi connectivity index (χ0n) is 18.8. The lowest BCUT2D eigenvalue weighted by atomic mass is 10.1. The molecule has 1 saturated heterocycles. The zero-order valence-corrected chi connectivity index (χ0v) is 21.2. The highest BCUT2D eigenvalue weighted by Gasteiger charge is 2.13. The maximum absolute atomic E-state index is 5.99. The minimum atomic E-state index is 0. The molecule has 30 heavy (non-hydrogen) atoms. The second kappa shape index (κ2) is 16.8. The van der Waals surface area contributed by atoms with Crippen LogP contribution in [0.5, 0.6) is 0 Å². The number of nitrogens with one attached hydrogen (secondary N) is 2. The summed E-state index contributed by atoms with van der Waals surface area (Å²) in [6, 6.07) is 8.54. The van der Waals surface area contributed by atoms with Crippen molar-refractivity contribution < 1.29 is 14.2 Å². The van der Waals surface area contributed by atoms with E-state index in [1.165, 1.54) is 11.1 Å². The first-order valence-electron chi connectivity index (χ1n) is 11.0. The molecular weight excluding hydrogens is 493 g/mol. The average Bonchev–Trinajstić information content (AvgIpc) is 2.74. The van der Waals surface area contributed by atoms with Gasteiger partial charge in [-0.15, -0.1) is 24.0 Å². The first kappa shape index (κ1) is 27.1. The molecule has 6 nitrogen and oxygen atoms in total. The van der Waals surface area contributed by atoms with Gasteiger partial charge in [0, 0.05) is 39.5 Å². The van der Waals surface area contributed by atoms with Crippen LogP contribution < -0.4 is 10.6 Å². The number of benzene rings is 1. The lowest BCUT2D eigenvalue weighted by Crippen LogP contribution is -2.38. The first-order valence-corrected chi connectivity index (χ1v) is 11.0. The molecule has 7 heteroatoms. The standard InChI is InChI=1S/C23H39N3O3.HI/c1-4-24-23(25-12-5-13-28-17-19(2)3)26-16-20-6-8-21(9-7-20)18-29-22-10-14-27-15-11-22;/h6-9,19,22H,4-5,10-18H2,1-3H3,(H2,24,25,26);1H. The monoisotopic (exact) mass is 533 g/mol. The fourth-order valence-electron chi connectivity index (χ4n) is 3.01. The number of halogens is 1. The minimum absolute atomic E-state index is 0. The molecule has 0 bridgehead atoms. The number of hydrogen-bond acceptors (Lipinski definition) is 4. The molecule has 0 spiro atoms. The van der Waals surface area contributed by atoms with Gasteiger partial charge in [0.15, 0.2) is 5.96 Å². The van der Waals surface area contributed by atoms with Crippen LogP contribution in [0.2, 0.25) is 0 Å². The topological polar surface area (TPSA) is 64.1 Å². The maximum atomic E-state index is 5.99. The number of guanidine groups is 1. The van der Waals surface area contributed by atoms with E-state index in [9.17, 15) is 0 Å². The van der Waals surface area contributed by atoms with Crippen molar-refractivity contribution in [2.24, 2.45) is 10.9 Å². The maximum Gasteiger partial charge on any atom is 0.191 e. The number of nitrogens with zero attached hydrogens (tertiary/aromatic N) is 1. The number of aliphatic imine (C=N–C) groups is 1. The predicted molar refractivity (Wildman–Crippen MR) is 134 cm³/mol. The van der Waals surface area contributed by atoms with Gasteiger partial charge in [-0.2, -0.15) is 0 Å². The van der Waals surface area contributed by atoms with E-state index < -0.39 is 0 Å². The summed E-state index contributed by atoms with van der Waals surface area (Å²) < 4.78 is 17.0. The Kier molecular flexibility index (Phi) is 15.2. The molecule has 1 fully saturated rings. The Morgan fingerprint density at radius 3 is 2.50 bits per heavy atom. The van der Waals surface area contributed by atoms with Gasteiger partial charge in [0.2, 0.25) is 0 Å². The molecule has 1 aliphatic rings. The number of rotatable bonds is 12. The van der Waals surface area contributed by atoms with Crippen molar-refractivity contribution in [1.82, 2.24) is 10.6 Å². The van der Waals surface area contributed by atoms with E-state index in [-0.39, 0.29) is 24.0 Å². The summed E-state index contributed by atoms with van der Waals surface area (Å²) in [5, 5.41) is 6.67. The highest BCUT2D eigenvalue weighted by molar-refractivity contribution is 14.0. The van der Waals surface area contributed by atoms with Gasteiger partial charge < -0.3 is 24.8 Å². The van der Waals surface area contributed by atoms with Crippen LogP contribution in [-0.2, 0) is 27.4 Å². The smallest absolute Gasteiger partial charge is 0.191 e. The molecule has 172 valence electrons. The molecule has 1 aromatic rings. The number of ether oxygens (including phenoxy) is 3. The third kappa shape index (κ3) is 12.1. The van der Waals surface area contributed by atoms with E-state index in [1.807, 2.05) is 0 Å². The minimum Gasteiger partial charge on any atom is -0.381 e. The Hall–Kier alpha value is -0.900. The third-order valence-corrected chi connectivity index (χ3v) is 4.65. The first-order chi connectivity index (χ1) is 14.2. The third-order valence-electron chi connectivity index (χ3n) is 4.65. The van der Waals surface area contributed by atoms with Crippen molar-refractivity contribution in [3.05, 3.63) is 35.4 Å². The fourth-order valence-corrected chi connectivity index (χ4v) is 3.01. The van der Waals surface area contributed by atoms with Crippen molar-refractivity contribution in [2.45, 2.75) is 59.3 Å². The predicted octanol–water partition coefficient (Wildman–Crippen LogP) is 4.12. The Morgan fingerprint density at radius 2 is 1.83 bits per heavy atom. The molecule has 1 aliphatic heterocycles. The summed E-state index contributed by atoms with van der Waals surface area (Å²) in [5.41, 5.74) is 2.40. The SMILES string of the molecule is CCNC(=NCc1ccc(COC2CCOCC2)cc1)NCCCOCC(C)C.I. The molecule has 1 aromatic carbocycles. The van der Waals surface area contributed by atoms with Crippen LogP contribution in [0.1, 0.15) is 51.2 Å². The molecule has 1 heterocycles. The summed E-state index contributed by atoms with van der Waals surface area (Å²) in [7, 11) is 0. The molecule has 2 rings (SSSR count). The highest BCUT2D eigenvalue weighted by Crippen LogP contribution is 2.14. The molecule has 0 atom stereocenters. The molecule has 0 aromatic heterocycles. The van der Waals surface area contributed by atoms with Gasteiger partial charge in [0.1, 0.15) is 0 Å². The van der Waals surface area contributed by atoms with Crippen LogP contribution in [0.15, 0.2) is 29.3 Å². The van der Waals surface area contributed by atoms with Crippen molar-refractivity contribution in [1.29, 1.82) is 0 Å². The zero-order chi connectivity index (χ0) is 20.7. The summed E-state index contributed by atoms with van der Waals surface area (Å²) in [4.78, 5) is 4.69. The second-order valence-electron chi connectivity index (χ2n) is 7.88. The molecule has 0 saturated carbocycles. The summed E-state index contributed by atoms with van der Waals surface area (Å²) in [6.07, 6.45) is 3.30. The average molecular weight is 533 g/mol. The largest absolute Gasteiger partial charge is 0.381 e. The van der Waals surface area contributed by atoms with Crippen molar-refractivity contribution in [2.75, 3.05) is 39.5 Å². The quantitative estimate of drug-likeness (QED) is 0.183. The van der Waals surface area contributed by atoms with Gasteiger partial charge in [0.25, 0.3) is 0 Å².